The van der Waals surface area contributed by atoms with Crippen LogP contribution in [0.4, 0.5) is 0 Å². The molecule has 1 heterocycles. The summed E-state index contributed by atoms with van der Waals surface area (Å²) in [6.45, 7) is 4.93. The van der Waals surface area contributed by atoms with Crippen LogP contribution in [0.5, 0.6) is 0 Å². The molecule has 0 spiro atoms. The molecule has 0 saturated heterocycles. The van der Waals surface area contributed by atoms with Gasteiger partial charge in [-0.15, -0.1) is 0 Å². The molecule has 2 aliphatic rings. The number of carbonyl (C=O) groups is 1. The molecule has 2 fully saturated rings. The van der Waals surface area contributed by atoms with E-state index in [1.54, 1.807) is 0 Å². The summed E-state index contributed by atoms with van der Waals surface area (Å²) in [5.74, 6) is 2.35. The van der Waals surface area contributed by atoms with Gasteiger partial charge in [0.25, 0.3) is 0 Å². The third-order valence-corrected chi connectivity index (χ3v) is 4.79. The molecule has 2 aliphatic carbocycles. The Hall–Kier alpha value is -1.12. The molecular weight excluding hydrogens is 224 g/mol. The Bertz CT molecular complexity index is 463. The van der Waals surface area contributed by atoms with Crippen molar-refractivity contribution >= 4 is 5.78 Å². The first kappa shape index (κ1) is 11.9. The number of aryl methyl sites for hydroxylation is 2. The van der Waals surface area contributed by atoms with Crippen molar-refractivity contribution in [2.24, 2.45) is 17.8 Å². The van der Waals surface area contributed by atoms with Crippen molar-refractivity contribution < 1.29 is 4.79 Å². The van der Waals surface area contributed by atoms with Gasteiger partial charge in [-0.3, -0.25) is 9.48 Å². The van der Waals surface area contributed by atoms with E-state index in [9.17, 15) is 4.79 Å². The molecule has 0 amide bonds. The van der Waals surface area contributed by atoms with Crippen LogP contribution in [-0.4, -0.2) is 15.6 Å². The van der Waals surface area contributed by atoms with Gasteiger partial charge in [0.15, 0.2) is 0 Å². The number of fused-ring (bicyclic) bond motifs is 2. The molecule has 0 N–H and O–H groups in total. The standard InChI is InChI=1S/C15H22N2O/c1-3-17-13(6-10(2)16-17)9-15(18)14-8-11-4-5-12(14)7-11/h6,11-12,14H,3-5,7-9H2,1-2H3. The molecule has 0 radical (unpaired) electrons. The van der Waals surface area contributed by atoms with Crippen LogP contribution in [0.3, 0.4) is 0 Å². The molecule has 3 rings (SSSR count). The lowest BCUT2D eigenvalue weighted by atomic mass is 9.84. The summed E-state index contributed by atoms with van der Waals surface area (Å²) in [5.41, 5.74) is 2.12. The van der Waals surface area contributed by atoms with Crippen molar-refractivity contribution in [2.75, 3.05) is 0 Å². The maximum Gasteiger partial charge on any atom is 0.142 e. The van der Waals surface area contributed by atoms with Gasteiger partial charge in [-0.05, 0) is 51.0 Å². The third kappa shape index (κ3) is 2.00. The van der Waals surface area contributed by atoms with E-state index in [0.717, 1.165) is 30.3 Å². The van der Waals surface area contributed by atoms with Crippen LogP contribution in [0.2, 0.25) is 0 Å². The topological polar surface area (TPSA) is 34.9 Å². The molecule has 2 bridgehead atoms. The predicted molar refractivity (Wildman–Crippen MR) is 70.3 cm³/mol. The van der Waals surface area contributed by atoms with Crippen molar-refractivity contribution in [3.05, 3.63) is 17.5 Å². The zero-order valence-corrected chi connectivity index (χ0v) is 11.4. The number of rotatable bonds is 4. The molecule has 98 valence electrons. The van der Waals surface area contributed by atoms with Gasteiger partial charge >= 0.3 is 0 Å². The van der Waals surface area contributed by atoms with Gasteiger partial charge in [0.2, 0.25) is 0 Å². The fourth-order valence-electron chi connectivity index (χ4n) is 3.96. The highest BCUT2D eigenvalue weighted by molar-refractivity contribution is 5.83. The molecule has 3 atom stereocenters. The second-order valence-corrected chi connectivity index (χ2v) is 6.02. The quantitative estimate of drug-likeness (QED) is 0.818. The second kappa shape index (κ2) is 4.52. The Morgan fingerprint density at radius 1 is 1.44 bits per heavy atom. The van der Waals surface area contributed by atoms with Crippen LogP contribution in [-0.2, 0) is 17.8 Å². The molecule has 3 unspecified atom stereocenters. The molecule has 0 aliphatic heterocycles. The smallest absolute Gasteiger partial charge is 0.142 e. The van der Waals surface area contributed by atoms with Crippen LogP contribution in [0, 0.1) is 24.7 Å². The first-order valence-corrected chi connectivity index (χ1v) is 7.23. The van der Waals surface area contributed by atoms with Crippen molar-refractivity contribution in [3.8, 4) is 0 Å². The van der Waals surface area contributed by atoms with E-state index in [0.29, 0.717) is 24.0 Å². The minimum atomic E-state index is 0.351. The zero-order chi connectivity index (χ0) is 12.7. The molecule has 1 aromatic heterocycles. The predicted octanol–water partition coefficient (Wildman–Crippen LogP) is 2.76. The first-order valence-electron chi connectivity index (χ1n) is 7.23. The van der Waals surface area contributed by atoms with Gasteiger partial charge in [0.1, 0.15) is 5.78 Å². The highest BCUT2D eigenvalue weighted by Crippen LogP contribution is 2.48. The van der Waals surface area contributed by atoms with E-state index in [1.165, 1.54) is 19.3 Å². The van der Waals surface area contributed by atoms with Gasteiger partial charge in [-0.1, -0.05) is 6.42 Å². The van der Waals surface area contributed by atoms with E-state index in [4.69, 9.17) is 0 Å². The van der Waals surface area contributed by atoms with Gasteiger partial charge in [-0.2, -0.15) is 5.10 Å². The molecule has 0 aromatic carbocycles. The van der Waals surface area contributed by atoms with E-state index in [-0.39, 0.29) is 0 Å². The minimum Gasteiger partial charge on any atom is -0.299 e. The van der Waals surface area contributed by atoms with Gasteiger partial charge in [-0.25, -0.2) is 0 Å². The number of hydrogen-bond acceptors (Lipinski definition) is 2. The summed E-state index contributed by atoms with van der Waals surface area (Å²) in [4.78, 5) is 12.4. The second-order valence-electron chi connectivity index (χ2n) is 6.02. The summed E-state index contributed by atoms with van der Waals surface area (Å²) in [7, 11) is 0. The normalized spacial score (nSPS) is 30.0. The third-order valence-electron chi connectivity index (χ3n) is 4.79. The fourth-order valence-corrected chi connectivity index (χ4v) is 3.96. The van der Waals surface area contributed by atoms with Gasteiger partial charge < -0.3 is 0 Å². The Morgan fingerprint density at radius 2 is 2.28 bits per heavy atom. The Kier molecular flexibility index (Phi) is 3.00. The van der Waals surface area contributed by atoms with E-state index in [1.807, 2.05) is 11.6 Å². The van der Waals surface area contributed by atoms with Crippen molar-refractivity contribution in [1.29, 1.82) is 0 Å². The van der Waals surface area contributed by atoms with Crippen LogP contribution in [0.25, 0.3) is 0 Å². The summed E-state index contributed by atoms with van der Waals surface area (Å²) >= 11 is 0. The first-order chi connectivity index (χ1) is 8.67. The van der Waals surface area contributed by atoms with Crippen molar-refractivity contribution in [3.63, 3.8) is 0 Å². The van der Waals surface area contributed by atoms with Crippen LogP contribution >= 0.6 is 0 Å². The van der Waals surface area contributed by atoms with Crippen molar-refractivity contribution in [2.45, 2.75) is 52.5 Å². The fraction of sp³-hybridized carbons (Fsp3) is 0.733. The lowest BCUT2D eigenvalue weighted by molar-refractivity contribution is -0.123. The molecule has 3 nitrogen and oxygen atoms in total. The number of nitrogens with zero attached hydrogens (tertiary/aromatic N) is 2. The average Bonchev–Trinajstić information content (AvgIpc) is 3.03. The van der Waals surface area contributed by atoms with Gasteiger partial charge in [0.05, 0.1) is 5.69 Å². The number of aromatic nitrogens is 2. The number of hydrogen-bond donors (Lipinski definition) is 0. The number of carbonyl (C=O) groups excluding carboxylic acids is 1. The molecule has 3 heteroatoms. The molecule has 18 heavy (non-hydrogen) atoms. The van der Waals surface area contributed by atoms with Crippen LogP contribution < -0.4 is 0 Å². The van der Waals surface area contributed by atoms with Crippen LogP contribution in [0.1, 0.15) is 44.0 Å². The van der Waals surface area contributed by atoms with Crippen LogP contribution in [0.15, 0.2) is 6.07 Å². The maximum atomic E-state index is 12.4. The molecule has 1 aromatic rings. The Balaban J connectivity index is 1.70. The average molecular weight is 246 g/mol. The van der Waals surface area contributed by atoms with Crippen molar-refractivity contribution in [1.82, 2.24) is 9.78 Å². The molecule has 2 saturated carbocycles. The summed E-state index contributed by atoms with van der Waals surface area (Å²) in [5, 5.41) is 4.42. The van der Waals surface area contributed by atoms with E-state index >= 15 is 0 Å². The largest absolute Gasteiger partial charge is 0.299 e. The SMILES string of the molecule is CCn1nc(C)cc1CC(=O)C1CC2CCC1C2. The van der Waals surface area contributed by atoms with Gasteiger partial charge in [0, 0.05) is 24.6 Å². The molecular formula is C15H22N2O. The Morgan fingerprint density at radius 3 is 2.89 bits per heavy atom. The Labute approximate surface area is 109 Å². The lowest BCUT2D eigenvalue weighted by Crippen LogP contribution is -2.23. The zero-order valence-electron chi connectivity index (χ0n) is 11.4. The lowest BCUT2D eigenvalue weighted by Gasteiger charge is -2.20. The highest BCUT2D eigenvalue weighted by Gasteiger charge is 2.42. The monoisotopic (exact) mass is 246 g/mol. The minimum absolute atomic E-state index is 0.351. The maximum absolute atomic E-state index is 12.4. The summed E-state index contributed by atoms with van der Waals surface area (Å²) in [6, 6.07) is 2.06. The summed E-state index contributed by atoms with van der Waals surface area (Å²) < 4.78 is 1.97. The van der Waals surface area contributed by atoms with E-state index < -0.39 is 0 Å². The van der Waals surface area contributed by atoms with E-state index in [2.05, 4.69) is 18.1 Å². The number of ketones is 1. The summed E-state index contributed by atoms with van der Waals surface area (Å²) in [6.07, 6.45) is 5.70. The highest BCUT2D eigenvalue weighted by atomic mass is 16.1. The number of Topliss-reactive ketones (excluding diaryl/α,β-unsaturated/α-hetero) is 1.